The van der Waals surface area contributed by atoms with Gasteiger partial charge in [-0.25, -0.2) is 0 Å². The molecule has 0 radical (unpaired) electrons. The Morgan fingerprint density at radius 2 is 1.88 bits per heavy atom. The van der Waals surface area contributed by atoms with Crippen LogP contribution in [-0.2, 0) is 14.3 Å². The Morgan fingerprint density at radius 1 is 1.15 bits per heavy atom. The molecule has 3 heterocycles. The predicted octanol–water partition coefficient (Wildman–Crippen LogP) is 2.54. The lowest BCUT2D eigenvalue weighted by atomic mass is 9.95. The van der Waals surface area contributed by atoms with Crippen LogP contribution in [0.5, 0.6) is 5.75 Å². The summed E-state index contributed by atoms with van der Waals surface area (Å²) in [6, 6.07) is 8.07. The van der Waals surface area contributed by atoms with E-state index in [-0.39, 0.29) is 11.3 Å². The van der Waals surface area contributed by atoms with Gasteiger partial charge in [0.25, 0.3) is 11.7 Å². The van der Waals surface area contributed by atoms with Crippen LogP contribution in [0.1, 0.15) is 29.2 Å². The molecule has 0 saturated carbocycles. The van der Waals surface area contributed by atoms with E-state index in [2.05, 4.69) is 9.88 Å². The molecule has 174 valence electrons. The summed E-state index contributed by atoms with van der Waals surface area (Å²) >= 11 is 0. The SMILES string of the molecule is COc1ccc(C(O)=C2C(=O)C(=O)N(CCCN3CCOCC3)C2c2ccncc2)cc1C. The van der Waals surface area contributed by atoms with Crippen LogP contribution in [0.2, 0.25) is 0 Å². The Labute approximate surface area is 193 Å². The summed E-state index contributed by atoms with van der Waals surface area (Å²) in [5.74, 6) is -0.767. The molecule has 2 fully saturated rings. The van der Waals surface area contributed by atoms with Crippen molar-refractivity contribution in [1.29, 1.82) is 0 Å². The van der Waals surface area contributed by atoms with E-state index >= 15 is 0 Å². The highest BCUT2D eigenvalue weighted by Gasteiger charge is 2.45. The Morgan fingerprint density at radius 3 is 2.55 bits per heavy atom. The molecule has 1 amide bonds. The van der Waals surface area contributed by atoms with Crippen LogP contribution in [0.3, 0.4) is 0 Å². The van der Waals surface area contributed by atoms with E-state index < -0.39 is 17.7 Å². The molecule has 2 aliphatic rings. The molecule has 2 aliphatic heterocycles. The number of nitrogens with zero attached hydrogens (tertiary/aromatic N) is 3. The average Bonchev–Trinajstić information content (AvgIpc) is 3.10. The molecule has 1 aromatic carbocycles. The van der Waals surface area contributed by atoms with Gasteiger partial charge >= 0.3 is 0 Å². The zero-order valence-corrected chi connectivity index (χ0v) is 19.0. The maximum absolute atomic E-state index is 13.1. The number of ketones is 1. The summed E-state index contributed by atoms with van der Waals surface area (Å²) in [5.41, 5.74) is 2.13. The van der Waals surface area contributed by atoms with E-state index in [1.54, 1.807) is 54.7 Å². The number of carbonyl (C=O) groups excluding carboxylic acids is 2. The summed E-state index contributed by atoms with van der Waals surface area (Å²) < 4.78 is 10.7. The van der Waals surface area contributed by atoms with Crippen LogP contribution in [0, 0.1) is 6.92 Å². The monoisotopic (exact) mass is 451 g/mol. The van der Waals surface area contributed by atoms with Crippen LogP contribution in [0.15, 0.2) is 48.3 Å². The Kier molecular flexibility index (Phi) is 7.05. The number of morpholine rings is 1. The standard InChI is InChI=1S/C25H29N3O5/c1-17-16-19(4-5-20(17)32-2)23(29)21-22(18-6-8-26-9-7-18)28(25(31)24(21)30)11-3-10-27-12-14-33-15-13-27/h4-9,16,22,29H,3,10-15H2,1-2H3. The fourth-order valence-corrected chi connectivity index (χ4v) is 4.47. The molecular formula is C25H29N3O5. The van der Waals surface area contributed by atoms with Crippen molar-refractivity contribution >= 4 is 17.4 Å². The minimum absolute atomic E-state index is 0.0992. The van der Waals surface area contributed by atoms with Crippen molar-refractivity contribution in [3.8, 4) is 5.75 Å². The number of hydrogen-bond acceptors (Lipinski definition) is 7. The number of likely N-dealkylation sites (tertiary alicyclic amines) is 1. The molecular weight excluding hydrogens is 422 g/mol. The first-order valence-electron chi connectivity index (χ1n) is 11.1. The number of benzene rings is 1. The Balaban J connectivity index is 1.66. The summed E-state index contributed by atoms with van der Waals surface area (Å²) in [5, 5.41) is 11.2. The molecule has 0 aliphatic carbocycles. The first-order valence-corrected chi connectivity index (χ1v) is 11.1. The van der Waals surface area contributed by atoms with Crippen molar-refractivity contribution in [1.82, 2.24) is 14.8 Å². The molecule has 1 N–H and O–H groups in total. The van der Waals surface area contributed by atoms with Gasteiger partial charge in [0.15, 0.2) is 0 Å². The first kappa shape index (κ1) is 22.9. The van der Waals surface area contributed by atoms with Gasteiger partial charge in [-0.2, -0.15) is 0 Å². The second-order valence-electron chi connectivity index (χ2n) is 8.27. The van der Waals surface area contributed by atoms with Crippen molar-refractivity contribution in [3.63, 3.8) is 0 Å². The van der Waals surface area contributed by atoms with Crippen molar-refractivity contribution in [2.75, 3.05) is 46.5 Å². The summed E-state index contributed by atoms with van der Waals surface area (Å²) in [6.45, 7) is 6.24. The first-order chi connectivity index (χ1) is 16.0. The molecule has 4 rings (SSSR count). The summed E-state index contributed by atoms with van der Waals surface area (Å²) in [4.78, 5) is 34.1. The van der Waals surface area contributed by atoms with E-state index in [1.807, 2.05) is 6.92 Å². The van der Waals surface area contributed by atoms with Gasteiger partial charge in [0.1, 0.15) is 11.5 Å². The normalized spacial score (nSPS) is 20.9. The summed E-state index contributed by atoms with van der Waals surface area (Å²) in [7, 11) is 1.58. The molecule has 1 unspecified atom stereocenters. The molecule has 8 heteroatoms. The number of pyridine rings is 1. The van der Waals surface area contributed by atoms with Crippen LogP contribution < -0.4 is 4.74 Å². The smallest absolute Gasteiger partial charge is 0.295 e. The van der Waals surface area contributed by atoms with Crippen LogP contribution in [0.4, 0.5) is 0 Å². The van der Waals surface area contributed by atoms with Crippen LogP contribution in [-0.4, -0.2) is 78.1 Å². The Bertz CT molecular complexity index is 1050. The van der Waals surface area contributed by atoms with Gasteiger partial charge in [0, 0.05) is 44.1 Å². The minimum atomic E-state index is -0.672. The number of methoxy groups -OCH3 is 1. The van der Waals surface area contributed by atoms with Gasteiger partial charge in [-0.15, -0.1) is 0 Å². The number of aliphatic hydroxyl groups is 1. The highest BCUT2D eigenvalue weighted by atomic mass is 16.5. The highest BCUT2D eigenvalue weighted by molar-refractivity contribution is 6.46. The number of aromatic nitrogens is 1. The lowest BCUT2D eigenvalue weighted by molar-refractivity contribution is -0.140. The van der Waals surface area contributed by atoms with Crippen molar-refractivity contribution in [2.45, 2.75) is 19.4 Å². The third kappa shape index (κ3) is 4.77. The number of rotatable bonds is 7. The zero-order valence-electron chi connectivity index (χ0n) is 19.0. The summed E-state index contributed by atoms with van der Waals surface area (Å²) in [6.07, 6.45) is 3.97. The average molecular weight is 452 g/mol. The zero-order chi connectivity index (χ0) is 23.4. The number of aliphatic hydroxyl groups excluding tert-OH is 1. The quantitative estimate of drug-likeness (QED) is 0.393. The third-order valence-corrected chi connectivity index (χ3v) is 6.21. The molecule has 33 heavy (non-hydrogen) atoms. The number of ether oxygens (including phenoxy) is 2. The minimum Gasteiger partial charge on any atom is -0.507 e. The van der Waals surface area contributed by atoms with Crippen molar-refractivity contribution < 1.29 is 24.2 Å². The molecule has 1 aromatic heterocycles. The number of aryl methyl sites for hydroxylation is 1. The lowest BCUT2D eigenvalue weighted by Crippen LogP contribution is -2.38. The van der Waals surface area contributed by atoms with Gasteiger partial charge in [-0.1, -0.05) is 0 Å². The fraction of sp³-hybridized carbons (Fsp3) is 0.400. The molecule has 1 atom stereocenters. The molecule has 0 spiro atoms. The second-order valence-corrected chi connectivity index (χ2v) is 8.27. The molecule has 0 bridgehead atoms. The number of hydrogen-bond donors (Lipinski definition) is 1. The maximum Gasteiger partial charge on any atom is 0.295 e. The van der Waals surface area contributed by atoms with Crippen molar-refractivity contribution in [3.05, 3.63) is 65.0 Å². The Hall–Kier alpha value is -3.23. The van der Waals surface area contributed by atoms with Crippen LogP contribution in [0.25, 0.3) is 5.76 Å². The van der Waals surface area contributed by atoms with Gasteiger partial charge in [0.05, 0.1) is 31.9 Å². The number of amides is 1. The largest absolute Gasteiger partial charge is 0.507 e. The lowest BCUT2D eigenvalue weighted by Gasteiger charge is -2.29. The highest BCUT2D eigenvalue weighted by Crippen LogP contribution is 2.39. The van der Waals surface area contributed by atoms with Gasteiger partial charge in [0.2, 0.25) is 0 Å². The molecule has 2 aromatic rings. The number of carbonyl (C=O) groups is 2. The van der Waals surface area contributed by atoms with E-state index in [0.717, 1.165) is 37.2 Å². The number of Topliss-reactive ketones (excluding diaryl/α,β-unsaturated/α-hetero) is 1. The van der Waals surface area contributed by atoms with E-state index in [9.17, 15) is 14.7 Å². The molecule has 2 saturated heterocycles. The third-order valence-electron chi connectivity index (χ3n) is 6.21. The second kappa shape index (κ2) is 10.1. The van der Waals surface area contributed by atoms with E-state index in [0.29, 0.717) is 31.1 Å². The maximum atomic E-state index is 13.1. The fourth-order valence-electron chi connectivity index (χ4n) is 4.47. The van der Waals surface area contributed by atoms with Gasteiger partial charge in [-0.3, -0.25) is 19.5 Å². The van der Waals surface area contributed by atoms with Crippen molar-refractivity contribution in [2.24, 2.45) is 0 Å². The van der Waals surface area contributed by atoms with E-state index in [4.69, 9.17) is 9.47 Å². The predicted molar refractivity (Wildman–Crippen MR) is 123 cm³/mol. The topological polar surface area (TPSA) is 92.2 Å². The molecule has 8 nitrogen and oxygen atoms in total. The van der Waals surface area contributed by atoms with Gasteiger partial charge < -0.3 is 19.5 Å². The van der Waals surface area contributed by atoms with Gasteiger partial charge in [-0.05, 0) is 54.8 Å². The van der Waals surface area contributed by atoms with E-state index in [1.165, 1.54) is 0 Å². The van der Waals surface area contributed by atoms with Crippen LogP contribution >= 0.6 is 0 Å².